The third kappa shape index (κ3) is 1.02. The molecule has 15 heavy (non-hydrogen) atoms. The topological polar surface area (TPSA) is 46.2 Å². The molecule has 1 aliphatic carbocycles. The molecule has 0 aliphatic heterocycles. The fourth-order valence-corrected chi connectivity index (χ4v) is 2.26. The molecule has 1 aliphatic rings. The van der Waals surface area contributed by atoms with E-state index < -0.39 is 6.10 Å². The van der Waals surface area contributed by atoms with Crippen LogP contribution in [0.5, 0.6) is 0 Å². The summed E-state index contributed by atoms with van der Waals surface area (Å²) in [4.78, 5) is 0. The standard InChI is InChI=1S/C13H11NO/c14-11-7-3-6-9-8-4-1-2-5-10(8)13(15)12(9)11/h1-7,13,15H,14H2/t13-/m1/s1. The third-order valence-electron chi connectivity index (χ3n) is 2.96. The van der Waals surface area contributed by atoms with Gasteiger partial charge in [-0.2, -0.15) is 0 Å². The summed E-state index contributed by atoms with van der Waals surface area (Å²) in [6.45, 7) is 0. The number of hydrogen-bond acceptors (Lipinski definition) is 2. The van der Waals surface area contributed by atoms with Crippen molar-refractivity contribution in [2.45, 2.75) is 6.10 Å². The molecule has 0 saturated heterocycles. The molecule has 0 spiro atoms. The van der Waals surface area contributed by atoms with E-state index in [-0.39, 0.29) is 0 Å². The number of nitrogens with two attached hydrogens (primary N) is 1. The van der Waals surface area contributed by atoms with Crippen LogP contribution in [0.2, 0.25) is 0 Å². The zero-order valence-electron chi connectivity index (χ0n) is 8.14. The van der Waals surface area contributed by atoms with E-state index in [9.17, 15) is 5.11 Å². The van der Waals surface area contributed by atoms with E-state index >= 15 is 0 Å². The Kier molecular flexibility index (Phi) is 1.61. The Bertz CT molecular complexity index is 534. The zero-order valence-corrected chi connectivity index (χ0v) is 8.14. The maximum Gasteiger partial charge on any atom is 0.107 e. The van der Waals surface area contributed by atoms with Crippen LogP contribution < -0.4 is 5.73 Å². The van der Waals surface area contributed by atoms with Gasteiger partial charge in [0.2, 0.25) is 0 Å². The molecule has 3 N–H and O–H groups in total. The molecule has 1 atom stereocenters. The van der Waals surface area contributed by atoms with Crippen LogP contribution in [0.3, 0.4) is 0 Å². The summed E-state index contributed by atoms with van der Waals surface area (Å²) in [7, 11) is 0. The van der Waals surface area contributed by atoms with E-state index in [0.29, 0.717) is 5.69 Å². The second kappa shape index (κ2) is 2.84. The van der Waals surface area contributed by atoms with Gasteiger partial charge in [-0.05, 0) is 22.8 Å². The molecule has 0 fully saturated rings. The lowest BCUT2D eigenvalue weighted by Gasteiger charge is -2.07. The highest BCUT2D eigenvalue weighted by atomic mass is 16.3. The van der Waals surface area contributed by atoms with Crippen molar-refractivity contribution < 1.29 is 5.11 Å². The average Bonchev–Trinajstić information content (AvgIpc) is 2.55. The van der Waals surface area contributed by atoms with E-state index in [2.05, 4.69) is 0 Å². The van der Waals surface area contributed by atoms with Gasteiger partial charge in [-0.1, -0.05) is 36.4 Å². The molecule has 2 nitrogen and oxygen atoms in total. The molecule has 0 heterocycles. The highest BCUT2D eigenvalue weighted by molar-refractivity contribution is 5.82. The van der Waals surface area contributed by atoms with Crippen molar-refractivity contribution in [3.63, 3.8) is 0 Å². The minimum atomic E-state index is -0.572. The molecule has 0 aromatic heterocycles. The number of nitrogen functional groups attached to an aromatic ring is 1. The summed E-state index contributed by atoms with van der Waals surface area (Å²) in [5, 5.41) is 10.1. The van der Waals surface area contributed by atoms with E-state index in [1.54, 1.807) is 0 Å². The zero-order chi connectivity index (χ0) is 10.4. The van der Waals surface area contributed by atoms with Crippen molar-refractivity contribution in [2.24, 2.45) is 0 Å². The van der Waals surface area contributed by atoms with Crippen LogP contribution in [0.4, 0.5) is 5.69 Å². The van der Waals surface area contributed by atoms with Crippen LogP contribution in [-0.2, 0) is 0 Å². The van der Waals surface area contributed by atoms with Crippen LogP contribution in [0.25, 0.3) is 11.1 Å². The predicted molar refractivity (Wildman–Crippen MR) is 60.4 cm³/mol. The molecule has 3 rings (SSSR count). The molecule has 0 radical (unpaired) electrons. The van der Waals surface area contributed by atoms with Crippen LogP contribution in [-0.4, -0.2) is 5.11 Å². The molecule has 0 saturated carbocycles. The first-order valence-electron chi connectivity index (χ1n) is 4.95. The van der Waals surface area contributed by atoms with Gasteiger partial charge in [0, 0.05) is 11.3 Å². The van der Waals surface area contributed by atoms with Gasteiger partial charge in [0.25, 0.3) is 0 Å². The Hall–Kier alpha value is -1.80. The fourth-order valence-electron chi connectivity index (χ4n) is 2.26. The molecule has 2 aromatic rings. The van der Waals surface area contributed by atoms with E-state index in [0.717, 1.165) is 22.3 Å². The summed E-state index contributed by atoms with van der Waals surface area (Å²) in [5.41, 5.74) is 10.5. The molecule has 0 bridgehead atoms. The number of anilines is 1. The largest absolute Gasteiger partial charge is 0.398 e. The fraction of sp³-hybridized carbons (Fsp3) is 0.0769. The van der Waals surface area contributed by atoms with Crippen LogP contribution in [0, 0.1) is 0 Å². The lowest BCUT2D eigenvalue weighted by Crippen LogP contribution is -1.98. The Labute approximate surface area is 88.0 Å². The Balaban J connectivity index is 2.37. The second-order valence-electron chi connectivity index (χ2n) is 3.80. The van der Waals surface area contributed by atoms with Gasteiger partial charge in [0.15, 0.2) is 0 Å². The average molecular weight is 197 g/mol. The summed E-state index contributed by atoms with van der Waals surface area (Å²) in [6.07, 6.45) is -0.572. The van der Waals surface area contributed by atoms with Crippen molar-refractivity contribution >= 4 is 5.69 Å². The first-order chi connectivity index (χ1) is 7.29. The highest BCUT2D eigenvalue weighted by Crippen LogP contribution is 2.45. The highest BCUT2D eigenvalue weighted by Gasteiger charge is 2.27. The van der Waals surface area contributed by atoms with Gasteiger partial charge < -0.3 is 10.8 Å². The molecule has 0 unspecified atom stereocenters. The smallest absolute Gasteiger partial charge is 0.107 e. The van der Waals surface area contributed by atoms with Crippen molar-refractivity contribution in [3.05, 3.63) is 53.6 Å². The van der Waals surface area contributed by atoms with Gasteiger partial charge >= 0.3 is 0 Å². The van der Waals surface area contributed by atoms with Gasteiger partial charge in [0.05, 0.1) is 0 Å². The molecular formula is C13H11NO. The monoisotopic (exact) mass is 197 g/mol. The Morgan fingerprint density at radius 3 is 2.53 bits per heavy atom. The SMILES string of the molecule is Nc1cccc2c1[C@H](O)c1ccccc1-2. The molecule has 2 aromatic carbocycles. The number of hydrogen-bond donors (Lipinski definition) is 2. The van der Waals surface area contributed by atoms with Crippen molar-refractivity contribution in [2.75, 3.05) is 5.73 Å². The minimum Gasteiger partial charge on any atom is -0.398 e. The van der Waals surface area contributed by atoms with Gasteiger partial charge in [-0.25, -0.2) is 0 Å². The number of aliphatic hydroxyl groups is 1. The molecule has 0 amide bonds. The van der Waals surface area contributed by atoms with Crippen molar-refractivity contribution in [1.82, 2.24) is 0 Å². The second-order valence-corrected chi connectivity index (χ2v) is 3.80. The summed E-state index contributed by atoms with van der Waals surface area (Å²) in [6, 6.07) is 13.6. The number of rotatable bonds is 0. The summed E-state index contributed by atoms with van der Waals surface area (Å²) < 4.78 is 0. The Morgan fingerprint density at radius 2 is 1.67 bits per heavy atom. The minimum absolute atomic E-state index is 0.572. The van der Waals surface area contributed by atoms with Crippen LogP contribution >= 0.6 is 0 Å². The van der Waals surface area contributed by atoms with E-state index in [1.165, 1.54) is 0 Å². The molecule has 74 valence electrons. The van der Waals surface area contributed by atoms with Crippen molar-refractivity contribution in [1.29, 1.82) is 0 Å². The Morgan fingerprint density at radius 1 is 0.933 bits per heavy atom. The van der Waals surface area contributed by atoms with E-state index in [1.807, 2.05) is 42.5 Å². The number of aliphatic hydroxyl groups excluding tert-OH is 1. The number of benzene rings is 2. The lowest BCUT2D eigenvalue weighted by atomic mass is 10.1. The first-order valence-corrected chi connectivity index (χ1v) is 4.95. The molecule has 2 heteroatoms. The third-order valence-corrected chi connectivity index (χ3v) is 2.96. The van der Waals surface area contributed by atoms with Gasteiger partial charge in [-0.15, -0.1) is 0 Å². The van der Waals surface area contributed by atoms with Crippen LogP contribution in [0.1, 0.15) is 17.2 Å². The van der Waals surface area contributed by atoms with Gasteiger partial charge in [0.1, 0.15) is 6.10 Å². The lowest BCUT2D eigenvalue weighted by molar-refractivity contribution is 0.226. The van der Waals surface area contributed by atoms with Crippen LogP contribution in [0.15, 0.2) is 42.5 Å². The quantitative estimate of drug-likeness (QED) is 0.637. The van der Waals surface area contributed by atoms with Crippen molar-refractivity contribution in [3.8, 4) is 11.1 Å². The predicted octanol–water partition coefficient (Wildman–Crippen LogP) is 2.33. The summed E-state index contributed by atoms with van der Waals surface area (Å²) in [5.74, 6) is 0. The number of fused-ring (bicyclic) bond motifs is 3. The summed E-state index contributed by atoms with van der Waals surface area (Å²) >= 11 is 0. The molecular weight excluding hydrogens is 186 g/mol. The van der Waals surface area contributed by atoms with Gasteiger partial charge in [-0.3, -0.25) is 0 Å². The maximum atomic E-state index is 10.1. The van der Waals surface area contributed by atoms with E-state index in [4.69, 9.17) is 5.73 Å². The normalized spacial score (nSPS) is 17.3. The first kappa shape index (κ1) is 8.50. The maximum absolute atomic E-state index is 10.1.